The molecule has 2 fully saturated rings. The van der Waals surface area contributed by atoms with Crippen LogP contribution in [0.2, 0.25) is 0 Å². The zero-order chi connectivity index (χ0) is 42.3. The Labute approximate surface area is 361 Å². The van der Waals surface area contributed by atoms with Crippen LogP contribution in [0.25, 0.3) is 21.5 Å². The maximum absolute atomic E-state index is 14.0. The summed E-state index contributed by atoms with van der Waals surface area (Å²) in [7, 11) is 0. The quantitative estimate of drug-likeness (QED) is 0.119. The molecule has 6 unspecified atom stereocenters. The van der Waals surface area contributed by atoms with E-state index in [1.165, 1.54) is 57.7 Å². The highest BCUT2D eigenvalue weighted by atomic mass is 16.2. The number of benzene rings is 6. The van der Waals surface area contributed by atoms with E-state index in [1.54, 1.807) is 0 Å². The van der Waals surface area contributed by atoms with Crippen molar-refractivity contribution >= 4 is 56.5 Å². The van der Waals surface area contributed by atoms with Gasteiger partial charge in [-0.25, -0.2) is 9.80 Å². The predicted molar refractivity (Wildman–Crippen MR) is 246 cm³/mol. The average Bonchev–Trinajstić information content (AvgIpc) is 4.14. The second-order valence-corrected chi connectivity index (χ2v) is 19.3. The molecule has 2 aliphatic heterocycles. The zero-order valence-electron chi connectivity index (χ0n) is 35.6. The summed E-state index contributed by atoms with van der Waals surface area (Å²) in [6.45, 7) is 8.23. The number of amides is 4. The van der Waals surface area contributed by atoms with E-state index in [0.29, 0.717) is 69.1 Å². The molecule has 0 spiro atoms. The van der Waals surface area contributed by atoms with Gasteiger partial charge in [0, 0.05) is 0 Å². The Morgan fingerprint density at radius 1 is 0.419 bits per heavy atom. The normalized spacial score (nSPS) is 24.3. The first-order valence-electron chi connectivity index (χ1n) is 22.5. The monoisotopic (exact) mass is 812 g/mol. The number of fused-ring (bicyclic) bond motifs is 8. The Bertz CT molecular complexity index is 2910. The number of carbonyl (C=O) groups excluding carboxylic acids is 4. The van der Waals surface area contributed by atoms with Gasteiger partial charge >= 0.3 is 0 Å². The lowest BCUT2D eigenvalue weighted by atomic mass is 9.86. The van der Waals surface area contributed by atoms with E-state index in [9.17, 15) is 19.2 Å². The average molecular weight is 813 g/mol. The molecule has 6 nitrogen and oxygen atoms in total. The highest BCUT2D eigenvalue weighted by Gasteiger charge is 2.41. The summed E-state index contributed by atoms with van der Waals surface area (Å²) in [5.41, 5.74) is 12.2. The maximum Gasteiger partial charge on any atom is 0.266 e. The van der Waals surface area contributed by atoms with Gasteiger partial charge in [-0.1, -0.05) is 72.8 Å². The number of allylic oxidation sites excluding steroid dienone is 4. The van der Waals surface area contributed by atoms with Crippen LogP contribution in [0.1, 0.15) is 123 Å². The molecule has 2 saturated carbocycles. The fraction of sp³-hybridized carbons (Fsp3) is 0.286. The Morgan fingerprint density at radius 2 is 0.790 bits per heavy atom. The number of hydrogen-bond donors (Lipinski definition) is 0. The van der Waals surface area contributed by atoms with Crippen molar-refractivity contribution < 1.29 is 19.2 Å². The minimum atomic E-state index is -0.272. The van der Waals surface area contributed by atoms with Gasteiger partial charge in [-0.2, -0.15) is 0 Å². The standard InChI is InChI=1S/C56H48N2O4/c1-29-15-41-25-47-49(55(61)57(53(47)59)51-13-11-37(17-31(51)3)45-21-33-5-7-39(45)19-33)27-43(41)23-35(29)9-10-36-24-44-28-50-48(26-42(44)16-30(36)2)54(60)58(56(50)62)52-14-12-38(18-32(52)4)46-22-34-6-8-40(46)20-34/h5-8,11-18,23-28,33-34,39-40,45-46H,9-10,19-22H2,1-4H3. The van der Waals surface area contributed by atoms with Crippen LogP contribution in [0.5, 0.6) is 0 Å². The maximum atomic E-state index is 14.0. The number of anilines is 2. The summed E-state index contributed by atoms with van der Waals surface area (Å²) in [5.74, 6) is 2.45. The molecule has 6 heteroatoms. The molecular weight excluding hydrogens is 765 g/mol. The fourth-order valence-corrected chi connectivity index (χ4v) is 12.3. The molecule has 0 N–H and O–H groups in total. The predicted octanol–water partition coefficient (Wildman–Crippen LogP) is 12.0. The number of imide groups is 2. The molecule has 0 aromatic heterocycles. The first kappa shape index (κ1) is 37.4. The molecule has 12 rings (SSSR count). The van der Waals surface area contributed by atoms with E-state index in [1.807, 2.05) is 50.2 Å². The highest BCUT2D eigenvalue weighted by molar-refractivity contribution is 6.36. The number of aryl methyl sites for hydroxylation is 6. The summed E-state index contributed by atoms with van der Waals surface area (Å²) >= 11 is 0. The van der Waals surface area contributed by atoms with Gasteiger partial charge in [0.05, 0.1) is 33.6 Å². The molecule has 4 amide bonds. The number of carbonyl (C=O) groups is 4. The van der Waals surface area contributed by atoms with Crippen molar-refractivity contribution in [3.63, 3.8) is 0 Å². The van der Waals surface area contributed by atoms with Crippen LogP contribution < -0.4 is 9.80 Å². The lowest BCUT2D eigenvalue weighted by Gasteiger charge is -2.22. The summed E-state index contributed by atoms with van der Waals surface area (Å²) in [6.07, 6.45) is 15.8. The van der Waals surface area contributed by atoms with Gasteiger partial charge in [-0.3, -0.25) is 19.2 Å². The van der Waals surface area contributed by atoms with Gasteiger partial charge in [0.15, 0.2) is 0 Å². The van der Waals surface area contributed by atoms with E-state index < -0.39 is 0 Å². The summed E-state index contributed by atoms with van der Waals surface area (Å²) in [5, 5.41) is 3.76. The molecule has 4 aliphatic carbocycles. The lowest BCUT2D eigenvalue weighted by Crippen LogP contribution is -2.30. The Morgan fingerprint density at radius 3 is 1.11 bits per heavy atom. The molecule has 0 saturated heterocycles. The second kappa shape index (κ2) is 13.5. The highest BCUT2D eigenvalue weighted by Crippen LogP contribution is 2.51. The van der Waals surface area contributed by atoms with Crippen LogP contribution in [-0.4, -0.2) is 23.6 Å². The van der Waals surface area contributed by atoms with Gasteiger partial charge < -0.3 is 0 Å². The smallest absolute Gasteiger partial charge is 0.266 e. The first-order valence-corrected chi connectivity index (χ1v) is 22.5. The number of nitrogens with zero attached hydrogens (tertiary/aromatic N) is 2. The van der Waals surface area contributed by atoms with Crippen molar-refractivity contribution in [2.45, 2.75) is 78.1 Å². The molecule has 6 aromatic carbocycles. The van der Waals surface area contributed by atoms with Gasteiger partial charge in [-0.05, 0) is 204 Å². The van der Waals surface area contributed by atoms with Crippen molar-refractivity contribution in [3.05, 3.63) is 176 Å². The van der Waals surface area contributed by atoms with E-state index >= 15 is 0 Å². The van der Waals surface area contributed by atoms with Crippen molar-refractivity contribution in [3.8, 4) is 0 Å². The van der Waals surface area contributed by atoms with Crippen LogP contribution in [0.15, 0.2) is 109 Å². The minimum absolute atomic E-state index is 0.267. The lowest BCUT2D eigenvalue weighted by molar-refractivity contribution is 0.0910. The summed E-state index contributed by atoms with van der Waals surface area (Å²) < 4.78 is 0. The molecule has 6 atom stereocenters. The van der Waals surface area contributed by atoms with Crippen molar-refractivity contribution in [1.29, 1.82) is 0 Å². The van der Waals surface area contributed by atoms with Crippen LogP contribution in [0, 0.1) is 51.4 Å². The fourth-order valence-electron chi connectivity index (χ4n) is 12.3. The largest absolute Gasteiger partial charge is 0.268 e. The molecular formula is C56H48N2O4. The molecule has 306 valence electrons. The summed E-state index contributed by atoms with van der Waals surface area (Å²) in [4.78, 5) is 58.5. The van der Waals surface area contributed by atoms with Gasteiger partial charge in [-0.15, -0.1) is 0 Å². The number of rotatable bonds is 7. The van der Waals surface area contributed by atoms with Gasteiger partial charge in [0.2, 0.25) is 0 Å². The molecule has 0 radical (unpaired) electrons. The Hall–Kier alpha value is -6.40. The third-order valence-electron chi connectivity index (χ3n) is 15.6. The van der Waals surface area contributed by atoms with E-state index in [2.05, 4.69) is 86.7 Å². The van der Waals surface area contributed by atoms with Crippen LogP contribution in [0.3, 0.4) is 0 Å². The molecule has 2 heterocycles. The van der Waals surface area contributed by atoms with Crippen molar-refractivity contribution in [2.24, 2.45) is 23.7 Å². The van der Waals surface area contributed by atoms with E-state index in [0.717, 1.165) is 56.6 Å². The van der Waals surface area contributed by atoms with E-state index in [4.69, 9.17) is 0 Å². The van der Waals surface area contributed by atoms with Crippen LogP contribution in [0.4, 0.5) is 11.4 Å². The first-order chi connectivity index (χ1) is 30.0. The zero-order valence-corrected chi connectivity index (χ0v) is 35.6. The molecule has 4 bridgehead atoms. The third-order valence-corrected chi connectivity index (χ3v) is 15.6. The summed E-state index contributed by atoms with van der Waals surface area (Å²) in [6, 6.07) is 28.7. The Kier molecular flexibility index (Phi) is 8.17. The Balaban J connectivity index is 0.785. The SMILES string of the molecule is Cc1cc2cc3c(cc2cc1CCc1cc2cc4c(cc2cc1C)C(=O)N(c1ccc(C2CC5C=CC2C5)cc1C)C4=O)C(=O)N(c1ccc(C2CC4C=CC2C4)cc1C)C3=O. The van der Waals surface area contributed by atoms with Crippen LogP contribution in [-0.2, 0) is 12.8 Å². The molecule has 62 heavy (non-hydrogen) atoms. The molecule has 6 aromatic rings. The van der Waals surface area contributed by atoms with Gasteiger partial charge in [0.1, 0.15) is 0 Å². The third kappa shape index (κ3) is 5.61. The molecule has 6 aliphatic rings. The second-order valence-electron chi connectivity index (χ2n) is 19.3. The van der Waals surface area contributed by atoms with Crippen LogP contribution >= 0.6 is 0 Å². The van der Waals surface area contributed by atoms with Crippen molar-refractivity contribution in [2.75, 3.05) is 9.80 Å². The minimum Gasteiger partial charge on any atom is -0.268 e. The number of hydrogen-bond acceptors (Lipinski definition) is 4. The topological polar surface area (TPSA) is 74.8 Å². The van der Waals surface area contributed by atoms with Crippen molar-refractivity contribution in [1.82, 2.24) is 0 Å². The van der Waals surface area contributed by atoms with Gasteiger partial charge in [0.25, 0.3) is 23.6 Å². The van der Waals surface area contributed by atoms with E-state index in [-0.39, 0.29) is 23.6 Å².